The standard InChI is InChI=1S/C26H30N2O3S2/c1-18-6-9-21(10-7-18)25(24-5-4-16-32-24)27-26(29)22-12-14-28(15-13-22)33(30,31)23-11-8-19(2)20(3)17-23/h4-11,16-17,22,25H,12-15H2,1-3H3,(H,27,29)/t25-/m0/s1. The van der Waals surface area contributed by atoms with Crippen molar-refractivity contribution in [2.45, 2.75) is 44.6 Å². The van der Waals surface area contributed by atoms with Crippen molar-refractivity contribution in [3.8, 4) is 0 Å². The Morgan fingerprint density at radius 3 is 2.30 bits per heavy atom. The summed E-state index contributed by atoms with van der Waals surface area (Å²) in [6, 6.07) is 17.3. The highest BCUT2D eigenvalue weighted by atomic mass is 32.2. The molecule has 33 heavy (non-hydrogen) atoms. The predicted molar refractivity (Wildman–Crippen MR) is 133 cm³/mol. The molecule has 174 valence electrons. The summed E-state index contributed by atoms with van der Waals surface area (Å²) < 4.78 is 27.7. The zero-order valence-corrected chi connectivity index (χ0v) is 20.9. The number of carbonyl (C=O) groups is 1. The third-order valence-electron chi connectivity index (χ3n) is 6.47. The van der Waals surface area contributed by atoms with Gasteiger partial charge in [-0.25, -0.2) is 8.42 Å². The Kier molecular flexibility index (Phi) is 7.02. The van der Waals surface area contributed by atoms with Crippen LogP contribution in [0, 0.1) is 26.7 Å². The fraction of sp³-hybridized carbons (Fsp3) is 0.346. The molecule has 1 N–H and O–H groups in total. The molecule has 4 rings (SSSR count). The van der Waals surface area contributed by atoms with Gasteiger partial charge in [-0.2, -0.15) is 4.31 Å². The van der Waals surface area contributed by atoms with E-state index in [1.165, 1.54) is 9.87 Å². The number of thiophene rings is 1. The van der Waals surface area contributed by atoms with E-state index in [2.05, 4.69) is 29.6 Å². The normalized spacial score (nSPS) is 16.5. The zero-order valence-electron chi connectivity index (χ0n) is 19.2. The van der Waals surface area contributed by atoms with Crippen molar-refractivity contribution in [3.63, 3.8) is 0 Å². The summed E-state index contributed by atoms with van der Waals surface area (Å²) in [5, 5.41) is 5.24. The van der Waals surface area contributed by atoms with Gasteiger partial charge in [0.2, 0.25) is 15.9 Å². The first-order valence-electron chi connectivity index (χ1n) is 11.2. The fourth-order valence-corrected chi connectivity index (χ4v) is 6.53. The summed E-state index contributed by atoms with van der Waals surface area (Å²) in [5.74, 6) is -0.221. The summed E-state index contributed by atoms with van der Waals surface area (Å²) in [7, 11) is -3.55. The number of piperidine rings is 1. The van der Waals surface area contributed by atoms with Gasteiger partial charge in [-0.15, -0.1) is 11.3 Å². The largest absolute Gasteiger partial charge is 0.344 e. The molecule has 1 amide bonds. The third-order valence-corrected chi connectivity index (χ3v) is 9.30. The smallest absolute Gasteiger partial charge is 0.243 e. The maximum atomic E-state index is 13.2. The Morgan fingerprint density at radius 1 is 1.00 bits per heavy atom. The highest BCUT2D eigenvalue weighted by molar-refractivity contribution is 7.89. The van der Waals surface area contributed by atoms with Gasteiger partial charge in [0.25, 0.3) is 0 Å². The van der Waals surface area contributed by atoms with Crippen LogP contribution >= 0.6 is 11.3 Å². The summed E-state index contributed by atoms with van der Waals surface area (Å²) >= 11 is 1.62. The number of benzene rings is 2. The van der Waals surface area contributed by atoms with Crippen molar-refractivity contribution in [1.82, 2.24) is 9.62 Å². The second-order valence-corrected chi connectivity index (χ2v) is 11.7. The molecule has 1 aromatic heterocycles. The molecular formula is C26H30N2O3S2. The minimum Gasteiger partial charge on any atom is -0.344 e. The van der Waals surface area contributed by atoms with Gasteiger partial charge in [0.15, 0.2) is 0 Å². The van der Waals surface area contributed by atoms with Gasteiger partial charge in [-0.3, -0.25) is 4.79 Å². The van der Waals surface area contributed by atoms with E-state index in [0.29, 0.717) is 30.8 Å². The first-order chi connectivity index (χ1) is 15.8. The lowest BCUT2D eigenvalue weighted by atomic mass is 9.95. The first kappa shape index (κ1) is 23.7. The van der Waals surface area contributed by atoms with Crippen molar-refractivity contribution in [1.29, 1.82) is 0 Å². The molecular weight excluding hydrogens is 452 g/mol. The van der Waals surface area contributed by atoms with Crippen molar-refractivity contribution in [2.75, 3.05) is 13.1 Å². The van der Waals surface area contributed by atoms with Crippen LogP contribution in [0.15, 0.2) is 64.9 Å². The van der Waals surface area contributed by atoms with Crippen LogP contribution in [0.2, 0.25) is 0 Å². The van der Waals surface area contributed by atoms with E-state index in [0.717, 1.165) is 21.6 Å². The van der Waals surface area contributed by atoms with Crippen LogP contribution in [-0.2, 0) is 14.8 Å². The van der Waals surface area contributed by atoms with Gasteiger partial charge in [0, 0.05) is 23.9 Å². The number of nitrogens with zero attached hydrogens (tertiary/aromatic N) is 1. The Balaban J connectivity index is 1.44. The van der Waals surface area contributed by atoms with Crippen LogP contribution in [0.1, 0.15) is 46.0 Å². The van der Waals surface area contributed by atoms with Crippen molar-refractivity contribution < 1.29 is 13.2 Å². The van der Waals surface area contributed by atoms with Gasteiger partial charge in [-0.05, 0) is 73.9 Å². The Bertz CT molecular complexity index is 1210. The predicted octanol–water partition coefficient (Wildman–Crippen LogP) is 4.98. The van der Waals surface area contributed by atoms with Gasteiger partial charge < -0.3 is 5.32 Å². The molecule has 0 radical (unpaired) electrons. The molecule has 2 aromatic carbocycles. The van der Waals surface area contributed by atoms with Crippen LogP contribution in [0.5, 0.6) is 0 Å². The maximum absolute atomic E-state index is 13.2. The molecule has 0 spiro atoms. The molecule has 5 nitrogen and oxygen atoms in total. The van der Waals surface area contributed by atoms with Crippen LogP contribution in [-0.4, -0.2) is 31.7 Å². The molecule has 3 aromatic rings. The van der Waals surface area contributed by atoms with Crippen LogP contribution in [0.4, 0.5) is 0 Å². The molecule has 0 saturated carbocycles. The number of rotatable bonds is 6. The molecule has 7 heteroatoms. The van der Waals surface area contributed by atoms with Gasteiger partial charge in [0.1, 0.15) is 0 Å². The molecule has 1 aliphatic rings. The van der Waals surface area contributed by atoms with E-state index < -0.39 is 10.0 Å². The number of aryl methyl sites for hydroxylation is 3. The topological polar surface area (TPSA) is 66.5 Å². The fourth-order valence-electron chi connectivity index (χ4n) is 4.18. The first-order valence-corrected chi connectivity index (χ1v) is 13.6. The minimum atomic E-state index is -3.55. The molecule has 0 unspecified atom stereocenters. The van der Waals surface area contributed by atoms with Crippen LogP contribution < -0.4 is 5.32 Å². The molecule has 1 fully saturated rings. The van der Waals surface area contributed by atoms with E-state index in [4.69, 9.17) is 0 Å². The van der Waals surface area contributed by atoms with E-state index in [-0.39, 0.29) is 17.9 Å². The molecule has 1 atom stereocenters. The van der Waals surface area contributed by atoms with Crippen molar-refractivity contribution in [3.05, 3.63) is 87.1 Å². The molecule has 2 heterocycles. The third kappa shape index (κ3) is 5.21. The lowest BCUT2D eigenvalue weighted by Gasteiger charge is -2.31. The number of hydrogen-bond acceptors (Lipinski definition) is 4. The van der Waals surface area contributed by atoms with Crippen LogP contribution in [0.3, 0.4) is 0 Å². The lowest BCUT2D eigenvalue weighted by Crippen LogP contribution is -2.43. The van der Waals surface area contributed by atoms with Gasteiger partial charge >= 0.3 is 0 Å². The SMILES string of the molecule is Cc1ccc([C@H](NC(=O)C2CCN(S(=O)(=O)c3ccc(C)c(C)c3)CC2)c2cccs2)cc1. The second kappa shape index (κ2) is 9.79. The quantitative estimate of drug-likeness (QED) is 0.539. The minimum absolute atomic E-state index is 0.0165. The van der Waals surface area contributed by atoms with Gasteiger partial charge in [0.05, 0.1) is 10.9 Å². The molecule has 0 aliphatic carbocycles. The summed E-state index contributed by atoms with van der Waals surface area (Å²) in [6.45, 7) is 6.63. The molecule has 0 bridgehead atoms. The Hall–Kier alpha value is -2.48. The van der Waals surface area contributed by atoms with Crippen LogP contribution in [0.25, 0.3) is 0 Å². The van der Waals surface area contributed by atoms with Crippen molar-refractivity contribution in [2.24, 2.45) is 5.92 Å². The Morgan fingerprint density at radius 2 is 1.70 bits per heavy atom. The number of sulfonamides is 1. The van der Waals surface area contributed by atoms with E-state index in [9.17, 15) is 13.2 Å². The molecule has 1 aliphatic heterocycles. The summed E-state index contributed by atoms with van der Waals surface area (Å²) in [4.78, 5) is 14.6. The maximum Gasteiger partial charge on any atom is 0.243 e. The zero-order chi connectivity index (χ0) is 23.6. The second-order valence-electron chi connectivity index (χ2n) is 8.79. The van der Waals surface area contributed by atoms with E-state index >= 15 is 0 Å². The summed E-state index contributed by atoms with van der Waals surface area (Å²) in [5.41, 5.74) is 4.25. The highest BCUT2D eigenvalue weighted by Crippen LogP contribution is 2.29. The Labute approximate surface area is 200 Å². The number of carbonyl (C=O) groups excluding carboxylic acids is 1. The number of nitrogens with one attached hydrogen (secondary N) is 1. The summed E-state index contributed by atoms with van der Waals surface area (Å²) in [6.07, 6.45) is 1.03. The number of hydrogen-bond donors (Lipinski definition) is 1. The van der Waals surface area contributed by atoms with E-state index in [1.807, 2.05) is 44.4 Å². The monoisotopic (exact) mass is 482 g/mol. The molecule has 1 saturated heterocycles. The van der Waals surface area contributed by atoms with Crippen molar-refractivity contribution >= 4 is 27.3 Å². The average molecular weight is 483 g/mol. The highest BCUT2D eigenvalue weighted by Gasteiger charge is 2.33. The van der Waals surface area contributed by atoms with E-state index in [1.54, 1.807) is 23.5 Å². The lowest BCUT2D eigenvalue weighted by molar-refractivity contribution is -0.126. The average Bonchev–Trinajstić information content (AvgIpc) is 3.34. The number of amides is 1. The van der Waals surface area contributed by atoms with Gasteiger partial charge in [-0.1, -0.05) is 42.0 Å².